The number of hydrogen-bond acceptors (Lipinski definition) is 3. The molecular formula is C11H19NO3. The normalized spacial score (nSPS) is 34.2. The van der Waals surface area contributed by atoms with Crippen molar-refractivity contribution in [1.29, 1.82) is 0 Å². The minimum atomic E-state index is -0.428. The molecule has 2 aliphatic rings. The van der Waals surface area contributed by atoms with E-state index < -0.39 is 5.60 Å². The van der Waals surface area contributed by atoms with Crippen LogP contribution in [-0.2, 0) is 9.47 Å². The predicted molar refractivity (Wildman–Crippen MR) is 55.7 cm³/mol. The predicted octanol–water partition coefficient (Wildman–Crippen LogP) is 1.83. The van der Waals surface area contributed by atoms with Crippen LogP contribution in [0.25, 0.3) is 0 Å². The first-order chi connectivity index (χ1) is 6.96. The number of carbonyl (C=O) groups excluding carboxylic acids is 1. The van der Waals surface area contributed by atoms with Crippen LogP contribution in [0.5, 0.6) is 0 Å². The molecule has 1 amide bonds. The molecule has 1 saturated heterocycles. The van der Waals surface area contributed by atoms with E-state index in [4.69, 9.17) is 9.47 Å². The summed E-state index contributed by atoms with van der Waals surface area (Å²) in [7, 11) is 0. The van der Waals surface area contributed by atoms with Crippen LogP contribution < -0.4 is 5.32 Å². The maximum absolute atomic E-state index is 11.5. The molecule has 1 aliphatic carbocycles. The summed E-state index contributed by atoms with van der Waals surface area (Å²) in [6, 6.07) is 0.151. The van der Waals surface area contributed by atoms with Crippen LogP contribution in [0.4, 0.5) is 4.79 Å². The molecule has 1 saturated carbocycles. The highest BCUT2D eigenvalue weighted by Crippen LogP contribution is 2.36. The van der Waals surface area contributed by atoms with Gasteiger partial charge in [-0.25, -0.2) is 4.79 Å². The number of fused-ring (bicyclic) bond motifs is 1. The molecule has 3 atom stereocenters. The summed E-state index contributed by atoms with van der Waals surface area (Å²) in [6.45, 7) is 5.59. The van der Waals surface area contributed by atoms with Gasteiger partial charge in [-0.05, 0) is 40.0 Å². The highest BCUT2D eigenvalue weighted by atomic mass is 16.6. The van der Waals surface area contributed by atoms with Crippen LogP contribution >= 0.6 is 0 Å². The van der Waals surface area contributed by atoms with Crippen LogP contribution in [0.2, 0.25) is 0 Å². The number of ether oxygens (including phenoxy) is 2. The molecule has 0 radical (unpaired) electrons. The average molecular weight is 213 g/mol. The second-order valence-electron chi connectivity index (χ2n) is 5.32. The van der Waals surface area contributed by atoms with Crippen molar-refractivity contribution in [3.8, 4) is 0 Å². The number of nitrogens with one attached hydrogen (secondary N) is 1. The Hall–Kier alpha value is -0.770. The van der Waals surface area contributed by atoms with Crippen LogP contribution in [0.1, 0.15) is 40.0 Å². The van der Waals surface area contributed by atoms with E-state index in [2.05, 4.69) is 5.32 Å². The number of hydrogen-bond donors (Lipinski definition) is 1. The zero-order valence-corrected chi connectivity index (χ0v) is 9.58. The van der Waals surface area contributed by atoms with E-state index in [1.165, 1.54) is 0 Å². The molecule has 0 aromatic carbocycles. The SMILES string of the molecule is CC(C)(C)OC(=O)NC1CCCC2OC12. The molecule has 1 aliphatic heterocycles. The molecular weight excluding hydrogens is 194 g/mol. The van der Waals surface area contributed by atoms with Crippen molar-refractivity contribution in [3.05, 3.63) is 0 Å². The van der Waals surface area contributed by atoms with Crippen molar-refractivity contribution in [3.63, 3.8) is 0 Å². The van der Waals surface area contributed by atoms with E-state index in [1.54, 1.807) is 0 Å². The minimum absolute atomic E-state index is 0.151. The van der Waals surface area contributed by atoms with E-state index in [-0.39, 0.29) is 18.2 Å². The Morgan fingerprint density at radius 3 is 2.80 bits per heavy atom. The Morgan fingerprint density at radius 2 is 2.13 bits per heavy atom. The van der Waals surface area contributed by atoms with Gasteiger partial charge in [0.2, 0.25) is 0 Å². The van der Waals surface area contributed by atoms with Crippen molar-refractivity contribution in [2.24, 2.45) is 0 Å². The third-order valence-electron chi connectivity index (χ3n) is 2.72. The third kappa shape index (κ3) is 2.84. The number of amides is 1. The Kier molecular flexibility index (Phi) is 2.63. The Bertz CT molecular complexity index is 259. The zero-order chi connectivity index (χ0) is 11.1. The van der Waals surface area contributed by atoms with Crippen molar-refractivity contribution in [1.82, 2.24) is 5.32 Å². The van der Waals surface area contributed by atoms with Gasteiger partial charge in [0.25, 0.3) is 0 Å². The smallest absolute Gasteiger partial charge is 0.407 e. The third-order valence-corrected chi connectivity index (χ3v) is 2.72. The monoisotopic (exact) mass is 213 g/mol. The largest absolute Gasteiger partial charge is 0.444 e. The fourth-order valence-electron chi connectivity index (χ4n) is 2.06. The Balaban J connectivity index is 1.79. The first-order valence-corrected chi connectivity index (χ1v) is 5.61. The maximum atomic E-state index is 11.5. The van der Waals surface area contributed by atoms with E-state index in [0.29, 0.717) is 6.10 Å². The number of epoxide rings is 1. The molecule has 2 rings (SSSR count). The van der Waals surface area contributed by atoms with Gasteiger partial charge >= 0.3 is 6.09 Å². The van der Waals surface area contributed by atoms with E-state index in [9.17, 15) is 4.79 Å². The van der Waals surface area contributed by atoms with E-state index in [0.717, 1.165) is 19.3 Å². The fraction of sp³-hybridized carbons (Fsp3) is 0.909. The average Bonchev–Trinajstić information content (AvgIpc) is 2.79. The molecule has 86 valence electrons. The van der Waals surface area contributed by atoms with Gasteiger partial charge in [-0.1, -0.05) is 0 Å². The molecule has 0 bridgehead atoms. The summed E-state index contributed by atoms with van der Waals surface area (Å²) in [6.07, 6.45) is 3.56. The first kappa shape index (κ1) is 10.7. The molecule has 0 spiro atoms. The lowest BCUT2D eigenvalue weighted by Crippen LogP contribution is -2.43. The lowest BCUT2D eigenvalue weighted by Gasteiger charge is -2.24. The highest BCUT2D eigenvalue weighted by Gasteiger charge is 2.48. The van der Waals surface area contributed by atoms with Crippen LogP contribution in [0, 0.1) is 0 Å². The second kappa shape index (κ2) is 3.67. The Labute approximate surface area is 90.3 Å². The van der Waals surface area contributed by atoms with Crippen LogP contribution in [-0.4, -0.2) is 29.9 Å². The topological polar surface area (TPSA) is 50.9 Å². The number of alkyl carbamates (subject to hydrolysis) is 1. The fourth-order valence-corrected chi connectivity index (χ4v) is 2.06. The van der Waals surface area contributed by atoms with Crippen LogP contribution in [0.15, 0.2) is 0 Å². The summed E-state index contributed by atoms with van der Waals surface area (Å²) in [5, 5.41) is 2.88. The minimum Gasteiger partial charge on any atom is -0.444 e. The lowest BCUT2D eigenvalue weighted by molar-refractivity contribution is 0.0491. The van der Waals surface area contributed by atoms with Gasteiger partial charge in [0.15, 0.2) is 0 Å². The summed E-state index contributed by atoms with van der Waals surface area (Å²) in [5.74, 6) is 0. The molecule has 2 fully saturated rings. The standard InChI is InChI=1S/C11H19NO3/c1-11(2,3)15-10(13)12-7-5-4-6-8-9(7)14-8/h7-9H,4-6H2,1-3H3,(H,12,13). The lowest BCUT2D eigenvalue weighted by atomic mass is 9.96. The van der Waals surface area contributed by atoms with Gasteiger partial charge in [0, 0.05) is 0 Å². The Morgan fingerprint density at radius 1 is 1.40 bits per heavy atom. The van der Waals surface area contributed by atoms with Crippen molar-refractivity contribution in [2.45, 2.75) is 63.9 Å². The van der Waals surface area contributed by atoms with Crippen molar-refractivity contribution < 1.29 is 14.3 Å². The second-order valence-corrected chi connectivity index (χ2v) is 5.32. The molecule has 15 heavy (non-hydrogen) atoms. The first-order valence-electron chi connectivity index (χ1n) is 5.61. The highest BCUT2D eigenvalue weighted by molar-refractivity contribution is 5.68. The molecule has 3 unspecified atom stereocenters. The van der Waals surface area contributed by atoms with Gasteiger partial charge in [0.1, 0.15) is 11.7 Å². The van der Waals surface area contributed by atoms with Gasteiger partial charge in [0.05, 0.1) is 12.1 Å². The van der Waals surface area contributed by atoms with Crippen molar-refractivity contribution >= 4 is 6.09 Å². The quantitative estimate of drug-likeness (QED) is 0.676. The number of carbonyl (C=O) groups is 1. The van der Waals surface area contributed by atoms with E-state index >= 15 is 0 Å². The van der Waals surface area contributed by atoms with E-state index in [1.807, 2.05) is 20.8 Å². The summed E-state index contributed by atoms with van der Waals surface area (Å²) >= 11 is 0. The summed E-state index contributed by atoms with van der Waals surface area (Å²) in [5.41, 5.74) is -0.428. The molecule has 4 nitrogen and oxygen atoms in total. The molecule has 0 aromatic rings. The van der Waals surface area contributed by atoms with Gasteiger partial charge in [-0.15, -0.1) is 0 Å². The number of rotatable bonds is 1. The van der Waals surface area contributed by atoms with Gasteiger partial charge in [-0.3, -0.25) is 0 Å². The summed E-state index contributed by atoms with van der Waals surface area (Å²) in [4.78, 5) is 11.5. The van der Waals surface area contributed by atoms with Gasteiger partial charge < -0.3 is 14.8 Å². The van der Waals surface area contributed by atoms with Crippen molar-refractivity contribution in [2.75, 3.05) is 0 Å². The van der Waals surface area contributed by atoms with Crippen LogP contribution in [0.3, 0.4) is 0 Å². The molecule has 1 N–H and O–H groups in total. The maximum Gasteiger partial charge on any atom is 0.407 e. The molecule has 4 heteroatoms. The molecule has 0 aromatic heterocycles. The van der Waals surface area contributed by atoms with Gasteiger partial charge in [-0.2, -0.15) is 0 Å². The molecule has 1 heterocycles. The zero-order valence-electron chi connectivity index (χ0n) is 9.58. The summed E-state index contributed by atoms with van der Waals surface area (Å²) < 4.78 is 10.7.